The molecule has 3 aromatic rings. The van der Waals surface area contributed by atoms with E-state index in [0.29, 0.717) is 19.0 Å². The van der Waals surface area contributed by atoms with E-state index in [-0.39, 0.29) is 17.7 Å². The molecule has 0 saturated heterocycles. The van der Waals surface area contributed by atoms with Crippen molar-refractivity contribution in [2.24, 2.45) is 4.99 Å². The summed E-state index contributed by atoms with van der Waals surface area (Å²) in [4.78, 5) is 8.71. The minimum absolute atomic E-state index is 0.234. The highest BCUT2D eigenvalue weighted by molar-refractivity contribution is 5.79. The van der Waals surface area contributed by atoms with Crippen LogP contribution in [0.4, 0.5) is 4.39 Å². The van der Waals surface area contributed by atoms with Gasteiger partial charge >= 0.3 is 0 Å². The van der Waals surface area contributed by atoms with Gasteiger partial charge in [0.1, 0.15) is 6.10 Å². The van der Waals surface area contributed by atoms with Crippen LogP contribution in [-0.4, -0.2) is 40.4 Å². The van der Waals surface area contributed by atoms with Crippen LogP contribution in [0.5, 0.6) is 5.75 Å². The van der Waals surface area contributed by atoms with E-state index in [1.54, 1.807) is 25.2 Å². The van der Waals surface area contributed by atoms with Crippen LogP contribution in [-0.2, 0) is 6.54 Å². The fourth-order valence-electron chi connectivity index (χ4n) is 2.95. The summed E-state index contributed by atoms with van der Waals surface area (Å²) >= 11 is 0. The molecule has 3 rings (SSSR count). The number of guanidine groups is 1. The van der Waals surface area contributed by atoms with Gasteiger partial charge in [0.05, 0.1) is 12.2 Å². The van der Waals surface area contributed by atoms with Crippen LogP contribution in [0.1, 0.15) is 23.9 Å². The second-order valence-corrected chi connectivity index (χ2v) is 7.03. The van der Waals surface area contributed by atoms with Crippen molar-refractivity contribution in [2.45, 2.75) is 33.4 Å². The van der Waals surface area contributed by atoms with Crippen molar-refractivity contribution in [3.05, 3.63) is 71.4 Å². The number of ether oxygens (including phenoxy) is 1. The number of para-hydroxylation sites is 1. The molecule has 158 valence electrons. The van der Waals surface area contributed by atoms with E-state index < -0.39 is 0 Å². The number of hydrogen-bond donors (Lipinski definition) is 2. The Hall–Kier alpha value is -3.42. The average molecular weight is 410 g/mol. The molecule has 30 heavy (non-hydrogen) atoms. The van der Waals surface area contributed by atoms with Gasteiger partial charge in [-0.3, -0.25) is 4.99 Å². The summed E-state index contributed by atoms with van der Waals surface area (Å²) in [6.07, 6.45) is 1.58. The molecule has 0 saturated carbocycles. The molecule has 0 aliphatic carbocycles. The van der Waals surface area contributed by atoms with Crippen molar-refractivity contribution < 1.29 is 9.13 Å². The lowest BCUT2D eigenvalue weighted by Gasteiger charge is -2.18. The highest BCUT2D eigenvalue weighted by Gasteiger charge is 2.09. The summed E-state index contributed by atoms with van der Waals surface area (Å²) in [6, 6.07) is 12.3. The predicted molar refractivity (Wildman–Crippen MR) is 116 cm³/mol. The van der Waals surface area contributed by atoms with Gasteiger partial charge in [0, 0.05) is 25.5 Å². The quantitative estimate of drug-likeness (QED) is 0.462. The minimum Gasteiger partial charge on any atom is -0.486 e. The standard InChI is InChI=1S/C22H27FN6O/c1-15-11-16(2)29(28-15)21-10-9-18(13-25-21)14-27-22(24-4)26-12-17(3)30-20-8-6-5-7-19(20)23/h5-11,13,17H,12,14H2,1-4H3,(H2,24,26,27). The smallest absolute Gasteiger partial charge is 0.191 e. The Kier molecular flexibility index (Phi) is 7.00. The largest absolute Gasteiger partial charge is 0.486 e. The zero-order chi connectivity index (χ0) is 21.5. The number of aliphatic imine (C=N–C) groups is 1. The normalized spacial score (nSPS) is 12.5. The van der Waals surface area contributed by atoms with Gasteiger partial charge in [-0.1, -0.05) is 18.2 Å². The lowest BCUT2D eigenvalue weighted by Crippen LogP contribution is -2.41. The molecule has 8 heteroatoms. The predicted octanol–water partition coefficient (Wildman–Crippen LogP) is 3.16. The number of hydrogen-bond acceptors (Lipinski definition) is 4. The molecule has 7 nitrogen and oxygen atoms in total. The first-order valence-electron chi connectivity index (χ1n) is 9.80. The molecular weight excluding hydrogens is 383 g/mol. The van der Waals surface area contributed by atoms with E-state index in [0.717, 1.165) is 22.8 Å². The molecule has 0 aliphatic rings. The number of aromatic nitrogens is 3. The Labute approximate surface area is 176 Å². The first-order valence-corrected chi connectivity index (χ1v) is 9.80. The maximum atomic E-state index is 13.7. The first kappa shape index (κ1) is 21.3. The third-order valence-electron chi connectivity index (χ3n) is 4.44. The third kappa shape index (κ3) is 5.56. The van der Waals surface area contributed by atoms with Crippen molar-refractivity contribution in [3.8, 4) is 11.6 Å². The van der Waals surface area contributed by atoms with E-state index in [1.807, 2.05) is 49.8 Å². The fourth-order valence-corrected chi connectivity index (χ4v) is 2.95. The Morgan fingerprint density at radius 3 is 2.63 bits per heavy atom. The summed E-state index contributed by atoms with van der Waals surface area (Å²) in [6.45, 7) is 6.87. The van der Waals surface area contributed by atoms with Gasteiger partial charge in [-0.25, -0.2) is 14.1 Å². The number of halogens is 1. The van der Waals surface area contributed by atoms with Gasteiger partial charge in [-0.15, -0.1) is 0 Å². The highest BCUT2D eigenvalue weighted by atomic mass is 19.1. The average Bonchev–Trinajstić information content (AvgIpc) is 3.08. The number of pyridine rings is 1. The van der Waals surface area contributed by atoms with E-state index >= 15 is 0 Å². The summed E-state index contributed by atoms with van der Waals surface area (Å²) < 4.78 is 21.1. The minimum atomic E-state index is -0.372. The molecule has 0 aliphatic heterocycles. The van der Waals surface area contributed by atoms with Crippen molar-refractivity contribution >= 4 is 5.96 Å². The second kappa shape index (κ2) is 9.87. The molecule has 1 atom stereocenters. The highest BCUT2D eigenvalue weighted by Crippen LogP contribution is 2.16. The Bertz CT molecular complexity index is 999. The molecule has 0 amide bonds. The van der Waals surface area contributed by atoms with Crippen LogP contribution in [0.15, 0.2) is 53.7 Å². The SMILES string of the molecule is CN=C(NCc1ccc(-n2nc(C)cc2C)nc1)NCC(C)Oc1ccccc1F. The lowest BCUT2D eigenvalue weighted by molar-refractivity contribution is 0.214. The molecule has 0 fully saturated rings. The Balaban J connectivity index is 1.49. The van der Waals surface area contributed by atoms with Crippen LogP contribution in [0.25, 0.3) is 5.82 Å². The zero-order valence-corrected chi connectivity index (χ0v) is 17.7. The van der Waals surface area contributed by atoms with Crippen LogP contribution in [0.2, 0.25) is 0 Å². The number of benzene rings is 1. The summed E-state index contributed by atoms with van der Waals surface area (Å²) in [5.74, 6) is 1.28. The third-order valence-corrected chi connectivity index (χ3v) is 4.44. The van der Waals surface area contributed by atoms with Crippen LogP contribution in [0, 0.1) is 19.7 Å². The summed E-state index contributed by atoms with van der Waals surface area (Å²) in [5.41, 5.74) is 3.02. The topological polar surface area (TPSA) is 76.4 Å². The maximum Gasteiger partial charge on any atom is 0.191 e. The molecule has 2 N–H and O–H groups in total. The van der Waals surface area contributed by atoms with E-state index in [4.69, 9.17) is 4.74 Å². The molecule has 1 aromatic carbocycles. The number of nitrogens with zero attached hydrogens (tertiary/aromatic N) is 4. The summed E-state index contributed by atoms with van der Waals surface area (Å²) in [5, 5.41) is 10.9. The van der Waals surface area contributed by atoms with Crippen molar-refractivity contribution in [1.29, 1.82) is 0 Å². The molecular formula is C22H27FN6O. The van der Waals surface area contributed by atoms with E-state index in [9.17, 15) is 4.39 Å². The summed E-state index contributed by atoms with van der Waals surface area (Å²) in [7, 11) is 1.70. The maximum absolute atomic E-state index is 13.7. The number of rotatable bonds is 7. The molecule has 0 bridgehead atoms. The number of aryl methyl sites for hydroxylation is 2. The van der Waals surface area contributed by atoms with E-state index in [1.165, 1.54) is 6.07 Å². The van der Waals surface area contributed by atoms with Gasteiger partial charge in [-0.2, -0.15) is 5.10 Å². The van der Waals surface area contributed by atoms with Gasteiger partial charge in [0.15, 0.2) is 23.3 Å². The molecule has 0 spiro atoms. The van der Waals surface area contributed by atoms with Gasteiger partial charge in [0.25, 0.3) is 0 Å². The van der Waals surface area contributed by atoms with Crippen LogP contribution >= 0.6 is 0 Å². The van der Waals surface area contributed by atoms with E-state index in [2.05, 4.69) is 25.7 Å². The molecule has 1 unspecified atom stereocenters. The molecule has 0 radical (unpaired) electrons. The Morgan fingerprint density at radius 1 is 1.20 bits per heavy atom. The van der Waals surface area contributed by atoms with Crippen molar-refractivity contribution in [2.75, 3.05) is 13.6 Å². The monoisotopic (exact) mass is 410 g/mol. The van der Waals surface area contributed by atoms with Gasteiger partial charge < -0.3 is 15.4 Å². The van der Waals surface area contributed by atoms with Crippen molar-refractivity contribution in [3.63, 3.8) is 0 Å². The first-order chi connectivity index (χ1) is 14.5. The van der Waals surface area contributed by atoms with Crippen LogP contribution in [0.3, 0.4) is 0 Å². The zero-order valence-electron chi connectivity index (χ0n) is 17.7. The van der Waals surface area contributed by atoms with Crippen LogP contribution < -0.4 is 15.4 Å². The van der Waals surface area contributed by atoms with Gasteiger partial charge in [-0.05, 0) is 50.6 Å². The number of nitrogens with one attached hydrogen (secondary N) is 2. The fraction of sp³-hybridized carbons (Fsp3) is 0.318. The van der Waals surface area contributed by atoms with Gasteiger partial charge in [0.2, 0.25) is 0 Å². The molecule has 2 aromatic heterocycles. The second-order valence-electron chi connectivity index (χ2n) is 7.03. The lowest BCUT2D eigenvalue weighted by atomic mass is 10.3. The molecule has 2 heterocycles. The Morgan fingerprint density at radius 2 is 2.00 bits per heavy atom. The van der Waals surface area contributed by atoms with Crippen molar-refractivity contribution in [1.82, 2.24) is 25.4 Å².